The van der Waals surface area contributed by atoms with Gasteiger partial charge in [0.25, 0.3) is 0 Å². The fourth-order valence-electron chi connectivity index (χ4n) is 1.69. The lowest BCUT2D eigenvalue weighted by Crippen LogP contribution is -2.25. The third-order valence-electron chi connectivity index (χ3n) is 3.02. The largest absolute Gasteiger partial charge is 0.390 e. The molecule has 0 aliphatic heterocycles. The molecular formula is C13H19F3N2O2S. The van der Waals surface area contributed by atoms with Crippen LogP contribution >= 0.6 is 0 Å². The molecule has 0 saturated heterocycles. The van der Waals surface area contributed by atoms with Gasteiger partial charge < -0.3 is 5.32 Å². The van der Waals surface area contributed by atoms with Crippen molar-refractivity contribution in [3.05, 3.63) is 29.8 Å². The molecule has 0 spiro atoms. The van der Waals surface area contributed by atoms with Crippen LogP contribution in [0.5, 0.6) is 0 Å². The molecule has 0 aromatic heterocycles. The maximum atomic E-state index is 12.1. The Labute approximate surface area is 123 Å². The average molecular weight is 324 g/mol. The second-order valence-electron chi connectivity index (χ2n) is 4.90. The van der Waals surface area contributed by atoms with Gasteiger partial charge in [-0.1, -0.05) is 12.1 Å². The molecule has 0 saturated carbocycles. The van der Waals surface area contributed by atoms with Crippen molar-refractivity contribution in [3.63, 3.8) is 0 Å². The van der Waals surface area contributed by atoms with E-state index in [0.29, 0.717) is 0 Å². The minimum absolute atomic E-state index is 0.152. The minimum Gasteiger partial charge on any atom is -0.310 e. The maximum absolute atomic E-state index is 12.1. The molecule has 8 heteroatoms. The molecule has 0 aliphatic rings. The Bertz CT molecular complexity index is 554. The van der Waals surface area contributed by atoms with Gasteiger partial charge in [-0.25, -0.2) is 12.7 Å². The van der Waals surface area contributed by atoms with Crippen LogP contribution < -0.4 is 5.32 Å². The first-order valence-electron chi connectivity index (χ1n) is 6.36. The molecule has 21 heavy (non-hydrogen) atoms. The predicted molar refractivity (Wildman–Crippen MR) is 74.4 cm³/mol. The zero-order valence-corrected chi connectivity index (χ0v) is 12.9. The van der Waals surface area contributed by atoms with E-state index in [-0.39, 0.29) is 17.5 Å². The summed E-state index contributed by atoms with van der Waals surface area (Å²) in [6.45, 7) is 1.55. The van der Waals surface area contributed by atoms with Crippen LogP contribution in [0.1, 0.15) is 24.9 Å². The normalized spacial score (nSPS) is 14.4. The number of sulfonamides is 1. The number of benzene rings is 1. The van der Waals surface area contributed by atoms with Crippen LogP contribution in [0.25, 0.3) is 0 Å². The molecule has 1 unspecified atom stereocenters. The Kier molecular flexibility index (Phi) is 5.77. The zero-order valence-electron chi connectivity index (χ0n) is 12.1. The molecule has 1 N–H and O–H groups in total. The van der Waals surface area contributed by atoms with Gasteiger partial charge in [0.05, 0.1) is 11.3 Å². The van der Waals surface area contributed by atoms with E-state index < -0.39 is 22.6 Å². The summed E-state index contributed by atoms with van der Waals surface area (Å²) < 4.78 is 61.0. The molecular weight excluding hydrogens is 305 g/mol. The number of nitrogens with one attached hydrogen (secondary N) is 1. The quantitative estimate of drug-likeness (QED) is 0.875. The summed E-state index contributed by atoms with van der Waals surface area (Å²) in [4.78, 5) is 0.152. The first kappa shape index (κ1) is 17.9. The molecule has 0 heterocycles. The molecule has 0 amide bonds. The van der Waals surface area contributed by atoms with Crippen molar-refractivity contribution in [2.24, 2.45) is 0 Å². The SMILES string of the molecule is CC(NCCC(F)(F)F)c1ccc(S(=O)(=O)N(C)C)cc1. The molecule has 1 rings (SSSR count). The fraction of sp³-hybridized carbons (Fsp3) is 0.538. The van der Waals surface area contributed by atoms with Gasteiger partial charge >= 0.3 is 6.18 Å². The number of rotatable bonds is 6. The molecule has 1 atom stereocenters. The van der Waals surface area contributed by atoms with Gasteiger partial charge in [-0.05, 0) is 24.6 Å². The lowest BCUT2D eigenvalue weighted by molar-refractivity contribution is -0.133. The van der Waals surface area contributed by atoms with E-state index in [2.05, 4.69) is 5.32 Å². The van der Waals surface area contributed by atoms with E-state index in [1.807, 2.05) is 0 Å². The topological polar surface area (TPSA) is 49.4 Å². The Balaban J connectivity index is 2.70. The lowest BCUT2D eigenvalue weighted by atomic mass is 10.1. The Morgan fingerprint density at radius 2 is 1.71 bits per heavy atom. The van der Waals surface area contributed by atoms with E-state index in [9.17, 15) is 21.6 Å². The van der Waals surface area contributed by atoms with Crippen molar-refractivity contribution in [1.82, 2.24) is 9.62 Å². The third kappa shape index (κ3) is 5.29. The zero-order chi connectivity index (χ0) is 16.3. The highest BCUT2D eigenvalue weighted by Crippen LogP contribution is 2.21. The molecule has 0 fully saturated rings. The number of hydrogen-bond acceptors (Lipinski definition) is 3. The Morgan fingerprint density at radius 1 is 1.19 bits per heavy atom. The summed E-state index contributed by atoms with van der Waals surface area (Å²) in [6, 6.07) is 5.81. The Hall–Kier alpha value is -1.12. The highest BCUT2D eigenvalue weighted by molar-refractivity contribution is 7.89. The van der Waals surface area contributed by atoms with Crippen molar-refractivity contribution in [3.8, 4) is 0 Å². The van der Waals surface area contributed by atoms with Crippen molar-refractivity contribution < 1.29 is 21.6 Å². The van der Waals surface area contributed by atoms with E-state index in [4.69, 9.17) is 0 Å². The number of nitrogens with zero attached hydrogens (tertiary/aromatic N) is 1. The van der Waals surface area contributed by atoms with Gasteiger partial charge in [0.15, 0.2) is 0 Å². The van der Waals surface area contributed by atoms with Gasteiger partial charge in [-0.15, -0.1) is 0 Å². The first-order chi connectivity index (χ1) is 9.54. The molecule has 120 valence electrons. The predicted octanol–water partition coefficient (Wildman–Crippen LogP) is 2.54. The lowest BCUT2D eigenvalue weighted by Gasteiger charge is -2.16. The van der Waals surface area contributed by atoms with Gasteiger partial charge in [0.1, 0.15) is 0 Å². The summed E-state index contributed by atoms with van der Waals surface area (Å²) in [5.74, 6) is 0. The van der Waals surface area contributed by atoms with E-state index in [1.165, 1.54) is 26.2 Å². The Morgan fingerprint density at radius 3 is 2.14 bits per heavy atom. The highest BCUT2D eigenvalue weighted by Gasteiger charge is 2.26. The van der Waals surface area contributed by atoms with Crippen LogP contribution in [0.3, 0.4) is 0 Å². The van der Waals surface area contributed by atoms with Crippen LogP contribution in [0, 0.1) is 0 Å². The first-order valence-corrected chi connectivity index (χ1v) is 7.80. The molecule has 0 radical (unpaired) electrons. The van der Waals surface area contributed by atoms with Gasteiger partial charge in [-0.2, -0.15) is 13.2 Å². The standard InChI is InChI=1S/C13H19F3N2O2S/c1-10(17-9-8-13(14,15)16)11-4-6-12(7-5-11)21(19,20)18(2)3/h4-7,10,17H,8-9H2,1-3H3. The van der Waals surface area contributed by atoms with Crippen molar-refractivity contribution in [2.45, 2.75) is 30.5 Å². The smallest absolute Gasteiger partial charge is 0.310 e. The van der Waals surface area contributed by atoms with Crippen LogP contribution in [0.15, 0.2) is 29.2 Å². The van der Waals surface area contributed by atoms with Crippen molar-refractivity contribution in [1.29, 1.82) is 0 Å². The summed E-state index contributed by atoms with van der Waals surface area (Å²) in [6.07, 6.45) is -5.08. The van der Waals surface area contributed by atoms with Gasteiger partial charge in [0, 0.05) is 26.7 Å². The number of hydrogen-bond donors (Lipinski definition) is 1. The summed E-state index contributed by atoms with van der Waals surface area (Å²) in [7, 11) is -0.621. The van der Waals surface area contributed by atoms with Crippen molar-refractivity contribution >= 4 is 10.0 Å². The number of halogens is 3. The van der Waals surface area contributed by atoms with Crippen LogP contribution in [-0.4, -0.2) is 39.5 Å². The molecule has 0 bridgehead atoms. The monoisotopic (exact) mass is 324 g/mol. The second kappa shape index (κ2) is 6.76. The third-order valence-corrected chi connectivity index (χ3v) is 4.85. The second-order valence-corrected chi connectivity index (χ2v) is 7.05. The van der Waals surface area contributed by atoms with Crippen LogP contribution in [-0.2, 0) is 10.0 Å². The van der Waals surface area contributed by atoms with E-state index in [0.717, 1.165) is 9.87 Å². The fourth-order valence-corrected chi connectivity index (χ4v) is 2.59. The minimum atomic E-state index is -4.18. The molecule has 1 aromatic rings. The molecule has 1 aromatic carbocycles. The number of alkyl halides is 3. The summed E-state index contributed by atoms with van der Waals surface area (Å²) in [5.41, 5.74) is 0.731. The van der Waals surface area contributed by atoms with E-state index >= 15 is 0 Å². The summed E-state index contributed by atoms with van der Waals surface area (Å²) >= 11 is 0. The van der Waals surface area contributed by atoms with Crippen LogP contribution in [0.4, 0.5) is 13.2 Å². The highest BCUT2D eigenvalue weighted by atomic mass is 32.2. The maximum Gasteiger partial charge on any atom is 0.390 e. The van der Waals surface area contributed by atoms with Crippen molar-refractivity contribution in [2.75, 3.05) is 20.6 Å². The van der Waals surface area contributed by atoms with Gasteiger partial charge in [-0.3, -0.25) is 0 Å². The summed E-state index contributed by atoms with van der Waals surface area (Å²) in [5, 5.41) is 2.76. The molecule has 4 nitrogen and oxygen atoms in total. The average Bonchev–Trinajstić information content (AvgIpc) is 2.37. The van der Waals surface area contributed by atoms with Crippen LogP contribution in [0.2, 0.25) is 0 Å². The van der Waals surface area contributed by atoms with Gasteiger partial charge in [0.2, 0.25) is 10.0 Å². The van der Waals surface area contributed by atoms with E-state index in [1.54, 1.807) is 19.1 Å². The molecule has 0 aliphatic carbocycles.